The maximum absolute atomic E-state index is 10.7. The predicted molar refractivity (Wildman–Crippen MR) is 55.3 cm³/mol. The van der Waals surface area contributed by atoms with Gasteiger partial charge < -0.3 is 10.8 Å². The molecule has 0 spiro atoms. The van der Waals surface area contributed by atoms with Crippen LogP contribution in [0.1, 0.15) is 16.1 Å². The van der Waals surface area contributed by atoms with E-state index >= 15 is 0 Å². The molecule has 82 valence electrons. The van der Waals surface area contributed by atoms with E-state index in [1.54, 1.807) is 12.4 Å². The van der Waals surface area contributed by atoms with Crippen LogP contribution in [0.5, 0.6) is 0 Å². The number of aromatic nitrogens is 4. The number of carboxylic acid groups (broad SMARTS) is 1. The minimum absolute atomic E-state index is 0.0803. The van der Waals surface area contributed by atoms with Crippen LogP contribution in [0.3, 0.4) is 0 Å². The van der Waals surface area contributed by atoms with Crippen LogP contribution >= 0.6 is 0 Å². The predicted octanol–water partition coefficient (Wildman–Crippen LogP) is 0.251. The van der Waals surface area contributed by atoms with Crippen molar-refractivity contribution in [2.75, 3.05) is 5.73 Å². The van der Waals surface area contributed by atoms with Crippen LogP contribution in [0.2, 0.25) is 0 Å². The molecule has 0 aliphatic rings. The maximum Gasteiger partial charge on any atom is 0.358 e. The van der Waals surface area contributed by atoms with E-state index in [4.69, 9.17) is 10.8 Å². The lowest BCUT2D eigenvalue weighted by atomic mass is 10.4. The highest BCUT2D eigenvalue weighted by Gasteiger charge is 2.14. The fourth-order valence-corrected chi connectivity index (χ4v) is 1.16. The molecule has 0 aliphatic carbocycles. The third kappa shape index (κ3) is 1.70. The summed E-state index contributed by atoms with van der Waals surface area (Å²) in [5, 5.41) is 12.5. The number of carbonyl (C=O) groups is 1. The molecule has 0 amide bonds. The third-order valence-corrected chi connectivity index (χ3v) is 1.92. The summed E-state index contributed by atoms with van der Waals surface area (Å²) in [4.78, 5) is 18.7. The summed E-state index contributed by atoms with van der Waals surface area (Å²) < 4.78 is 1.23. The Kier molecular flexibility index (Phi) is 2.28. The minimum atomic E-state index is -1.18. The maximum atomic E-state index is 10.7. The molecule has 0 aliphatic heterocycles. The molecular formula is C9H9N5O2. The van der Waals surface area contributed by atoms with Crippen molar-refractivity contribution < 1.29 is 9.90 Å². The molecule has 0 unspecified atom stereocenters. The first kappa shape index (κ1) is 10.1. The van der Waals surface area contributed by atoms with Gasteiger partial charge in [-0.2, -0.15) is 5.10 Å². The van der Waals surface area contributed by atoms with E-state index in [1.165, 1.54) is 10.9 Å². The molecule has 16 heavy (non-hydrogen) atoms. The number of nitrogen functional groups attached to an aromatic ring is 1. The second-order valence-electron chi connectivity index (χ2n) is 3.24. The summed E-state index contributed by atoms with van der Waals surface area (Å²) in [6.07, 6.45) is 4.59. The van der Waals surface area contributed by atoms with Gasteiger partial charge in [-0.3, -0.25) is 0 Å². The summed E-state index contributed by atoms with van der Waals surface area (Å²) >= 11 is 0. The normalized spacial score (nSPS) is 10.3. The van der Waals surface area contributed by atoms with Gasteiger partial charge in [0.1, 0.15) is 0 Å². The van der Waals surface area contributed by atoms with Gasteiger partial charge in [-0.05, 0) is 12.5 Å². The Morgan fingerprint density at radius 3 is 2.56 bits per heavy atom. The quantitative estimate of drug-likeness (QED) is 0.749. The van der Waals surface area contributed by atoms with E-state index in [0.29, 0.717) is 0 Å². The van der Waals surface area contributed by atoms with Crippen LogP contribution in [0.25, 0.3) is 5.95 Å². The number of hydrogen-bond acceptors (Lipinski definition) is 5. The zero-order valence-corrected chi connectivity index (χ0v) is 8.45. The Labute approximate surface area is 90.6 Å². The van der Waals surface area contributed by atoms with Gasteiger partial charge in [0.05, 0.1) is 11.9 Å². The highest BCUT2D eigenvalue weighted by molar-refractivity contribution is 5.91. The highest BCUT2D eigenvalue weighted by atomic mass is 16.4. The number of aryl methyl sites for hydroxylation is 1. The second-order valence-corrected chi connectivity index (χ2v) is 3.24. The molecule has 2 heterocycles. The Morgan fingerprint density at radius 1 is 1.44 bits per heavy atom. The smallest absolute Gasteiger partial charge is 0.358 e. The molecule has 0 atom stereocenters. The molecule has 2 aromatic rings. The van der Waals surface area contributed by atoms with Gasteiger partial charge in [0.15, 0.2) is 5.69 Å². The lowest BCUT2D eigenvalue weighted by molar-refractivity contribution is 0.0691. The van der Waals surface area contributed by atoms with Crippen molar-refractivity contribution in [1.29, 1.82) is 0 Å². The molecule has 7 heteroatoms. The molecule has 0 radical (unpaired) electrons. The molecule has 7 nitrogen and oxygen atoms in total. The van der Waals surface area contributed by atoms with Crippen molar-refractivity contribution in [2.24, 2.45) is 0 Å². The number of aromatic carboxylic acids is 1. The zero-order chi connectivity index (χ0) is 11.7. The van der Waals surface area contributed by atoms with E-state index in [2.05, 4.69) is 15.1 Å². The van der Waals surface area contributed by atoms with E-state index in [-0.39, 0.29) is 17.3 Å². The molecule has 2 rings (SSSR count). The van der Waals surface area contributed by atoms with Crippen molar-refractivity contribution in [2.45, 2.75) is 6.92 Å². The number of nitrogens with zero attached hydrogens (tertiary/aromatic N) is 4. The van der Waals surface area contributed by atoms with Crippen LogP contribution in [0, 0.1) is 6.92 Å². The number of hydrogen-bond donors (Lipinski definition) is 2. The molecule has 2 aromatic heterocycles. The van der Waals surface area contributed by atoms with Crippen molar-refractivity contribution in [3.63, 3.8) is 0 Å². The van der Waals surface area contributed by atoms with Crippen molar-refractivity contribution >= 4 is 11.7 Å². The van der Waals surface area contributed by atoms with Crippen LogP contribution < -0.4 is 5.73 Å². The zero-order valence-electron chi connectivity index (χ0n) is 8.45. The summed E-state index contributed by atoms with van der Waals surface area (Å²) in [7, 11) is 0. The minimum Gasteiger partial charge on any atom is -0.476 e. The molecule has 0 saturated carbocycles. The molecule has 0 saturated heterocycles. The fourth-order valence-electron chi connectivity index (χ4n) is 1.16. The Morgan fingerprint density at radius 2 is 2.06 bits per heavy atom. The molecular weight excluding hydrogens is 210 g/mol. The largest absolute Gasteiger partial charge is 0.476 e. The van der Waals surface area contributed by atoms with E-state index in [9.17, 15) is 4.79 Å². The van der Waals surface area contributed by atoms with Gasteiger partial charge in [0.2, 0.25) is 0 Å². The van der Waals surface area contributed by atoms with Crippen molar-refractivity contribution in [3.05, 3.63) is 29.8 Å². The Bertz CT molecular complexity index is 531. The lowest BCUT2D eigenvalue weighted by Crippen LogP contribution is -2.04. The highest BCUT2D eigenvalue weighted by Crippen LogP contribution is 2.11. The first-order valence-corrected chi connectivity index (χ1v) is 4.45. The van der Waals surface area contributed by atoms with Crippen LogP contribution in [0.15, 0.2) is 18.6 Å². The van der Waals surface area contributed by atoms with Crippen LogP contribution in [0.4, 0.5) is 5.69 Å². The Balaban J connectivity index is 2.45. The third-order valence-electron chi connectivity index (χ3n) is 1.92. The standard InChI is InChI=1S/C9H9N5O2/c1-5-2-11-9(12-3-5)14-4-6(10)7(13-14)8(15)16/h2-4H,10H2,1H3,(H,15,16). The first-order chi connectivity index (χ1) is 7.58. The van der Waals surface area contributed by atoms with Gasteiger partial charge in [-0.15, -0.1) is 0 Å². The van der Waals surface area contributed by atoms with Gasteiger partial charge in [0, 0.05) is 12.4 Å². The average Bonchev–Trinajstić information content (AvgIpc) is 2.61. The Hall–Kier alpha value is -2.44. The molecule has 0 bridgehead atoms. The van der Waals surface area contributed by atoms with Gasteiger partial charge in [0.25, 0.3) is 5.95 Å². The van der Waals surface area contributed by atoms with E-state index < -0.39 is 5.97 Å². The number of rotatable bonds is 2. The van der Waals surface area contributed by atoms with Gasteiger partial charge >= 0.3 is 5.97 Å². The number of nitrogens with two attached hydrogens (primary N) is 1. The summed E-state index contributed by atoms with van der Waals surface area (Å²) in [6.45, 7) is 1.85. The van der Waals surface area contributed by atoms with Crippen LogP contribution in [-0.4, -0.2) is 30.8 Å². The van der Waals surface area contributed by atoms with E-state index in [1.807, 2.05) is 6.92 Å². The SMILES string of the molecule is Cc1cnc(-n2cc(N)c(C(=O)O)n2)nc1. The molecule has 0 aromatic carbocycles. The lowest BCUT2D eigenvalue weighted by Gasteiger charge is -1.97. The fraction of sp³-hybridized carbons (Fsp3) is 0.111. The summed E-state index contributed by atoms with van der Waals surface area (Å²) in [5.41, 5.74) is 6.27. The monoisotopic (exact) mass is 219 g/mol. The summed E-state index contributed by atoms with van der Waals surface area (Å²) in [5.74, 6) is -0.895. The number of carboxylic acids is 1. The van der Waals surface area contributed by atoms with Crippen molar-refractivity contribution in [1.82, 2.24) is 19.7 Å². The second kappa shape index (κ2) is 3.61. The van der Waals surface area contributed by atoms with Crippen molar-refractivity contribution in [3.8, 4) is 5.95 Å². The molecule has 0 fully saturated rings. The topological polar surface area (TPSA) is 107 Å². The van der Waals surface area contributed by atoms with E-state index in [0.717, 1.165) is 5.56 Å². The van der Waals surface area contributed by atoms with Crippen LogP contribution in [-0.2, 0) is 0 Å². The average molecular weight is 219 g/mol. The first-order valence-electron chi connectivity index (χ1n) is 4.45. The number of anilines is 1. The van der Waals surface area contributed by atoms with Gasteiger partial charge in [-0.25, -0.2) is 19.4 Å². The molecule has 3 N–H and O–H groups in total. The van der Waals surface area contributed by atoms with Gasteiger partial charge in [-0.1, -0.05) is 0 Å². The summed E-state index contributed by atoms with van der Waals surface area (Å²) in [6, 6.07) is 0.